The zero-order valence-corrected chi connectivity index (χ0v) is 9.66. The summed E-state index contributed by atoms with van der Waals surface area (Å²) in [6.45, 7) is 0. The van der Waals surface area contributed by atoms with Crippen LogP contribution in [0.25, 0.3) is 0 Å². The molecule has 0 unspecified atom stereocenters. The highest BCUT2D eigenvalue weighted by atomic mass is 35.5. The molecule has 0 bridgehead atoms. The van der Waals surface area contributed by atoms with Crippen LogP contribution in [0.3, 0.4) is 0 Å². The molecule has 0 saturated heterocycles. The second-order valence-electron chi connectivity index (χ2n) is 2.60. The van der Waals surface area contributed by atoms with Crippen molar-refractivity contribution in [1.82, 2.24) is 0 Å². The average Bonchev–Trinajstić information content (AvgIpc) is 2.05. The van der Waals surface area contributed by atoms with Crippen LogP contribution in [-0.2, 0) is 10.1 Å². The predicted molar refractivity (Wildman–Crippen MR) is 61.7 cm³/mol. The van der Waals surface area contributed by atoms with Crippen LogP contribution in [0.15, 0.2) is 23.1 Å². The van der Waals surface area contributed by atoms with Crippen molar-refractivity contribution in [3.8, 4) is 0 Å². The van der Waals surface area contributed by atoms with Crippen LogP contribution in [0, 0.1) is 0 Å². The lowest BCUT2D eigenvalue weighted by Crippen LogP contribution is -2.20. The van der Waals surface area contributed by atoms with Crippen molar-refractivity contribution >= 4 is 44.7 Å². The van der Waals surface area contributed by atoms with Crippen molar-refractivity contribution in [2.24, 2.45) is 5.73 Å². The predicted octanol–water partition coefficient (Wildman–Crippen LogP) is 1.24. The molecule has 1 aromatic carbocycles. The van der Waals surface area contributed by atoms with Gasteiger partial charge in [-0.25, -0.2) is 0 Å². The Balaban J connectivity index is 3.33. The summed E-state index contributed by atoms with van der Waals surface area (Å²) in [4.78, 5) is -0.372. The zero-order chi connectivity index (χ0) is 11.6. The summed E-state index contributed by atoms with van der Waals surface area (Å²) in [7, 11) is -4.36. The van der Waals surface area contributed by atoms with E-state index in [1.54, 1.807) is 0 Å². The van der Waals surface area contributed by atoms with E-state index in [1.807, 2.05) is 0 Å². The molecule has 0 aliphatic rings. The van der Waals surface area contributed by atoms with Gasteiger partial charge in [-0.2, -0.15) is 8.42 Å². The van der Waals surface area contributed by atoms with E-state index in [0.717, 1.165) is 6.07 Å². The van der Waals surface area contributed by atoms with Gasteiger partial charge in [0.2, 0.25) is 0 Å². The van der Waals surface area contributed by atoms with Crippen molar-refractivity contribution in [2.75, 3.05) is 5.32 Å². The molecule has 0 aromatic heterocycles. The highest BCUT2D eigenvalue weighted by molar-refractivity contribution is 7.86. The first kappa shape index (κ1) is 12.2. The van der Waals surface area contributed by atoms with Gasteiger partial charge in [0.15, 0.2) is 5.11 Å². The van der Waals surface area contributed by atoms with Gasteiger partial charge >= 0.3 is 0 Å². The Hall–Kier alpha value is -0.890. The Morgan fingerprint density at radius 3 is 2.60 bits per heavy atom. The van der Waals surface area contributed by atoms with Crippen molar-refractivity contribution in [2.45, 2.75) is 4.90 Å². The zero-order valence-electron chi connectivity index (χ0n) is 7.27. The van der Waals surface area contributed by atoms with E-state index in [1.165, 1.54) is 12.1 Å². The maximum Gasteiger partial charge on any atom is 0.296 e. The summed E-state index contributed by atoms with van der Waals surface area (Å²) >= 11 is 10.1. The third kappa shape index (κ3) is 3.31. The van der Waals surface area contributed by atoms with Gasteiger partial charge in [0.1, 0.15) is 4.90 Å². The molecule has 0 atom stereocenters. The minimum atomic E-state index is -4.36. The molecule has 0 radical (unpaired) electrons. The molecule has 5 nitrogen and oxygen atoms in total. The molecular formula is C7H7ClN2O3S2. The largest absolute Gasteiger partial charge is 0.376 e. The number of nitrogens with one attached hydrogen (secondary N) is 1. The summed E-state index contributed by atoms with van der Waals surface area (Å²) in [6, 6.07) is 3.89. The van der Waals surface area contributed by atoms with Crippen LogP contribution >= 0.6 is 23.8 Å². The molecule has 0 amide bonds. The smallest absolute Gasteiger partial charge is 0.296 e. The van der Waals surface area contributed by atoms with Gasteiger partial charge in [-0.15, -0.1) is 0 Å². The third-order valence-corrected chi connectivity index (χ3v) is 2.71. The van der Waals surface area contributed by atoms with Gasteiger partial charge in [0.05, 0.1) is 5.69 Å². The standard InChI is InChI=1S/C7H7ClN2O3S2/c8-4-1-2-5(10-7(9)14)6(3-4)15(11,12)13/h1-3H,(H3,9,10,14)(H,11,12,13). The number of anilines is 1. The number of hydrogen-bond acceptors (Lipinski definition) is 3. The number of thiocarbonyl (C=S) groups is 1. The first-order valence-corrected chi connectivity index (χ1v) is 5.87. The monoisotopic (exact) mass is 266 g/mol. The molecule has 0 heterocycles. The SMILES string of the molecule is NC(=S)Nc1ccc(Cl)cc1S(=O)(=O)O. The second kappa shape index (κ2) is 4.31. The summed E-state index contributed by atoms with van der Waals surface area (Å²) in [5.74, 6) is 0. The Kier molecular flexibility index (Phi) is 3.50. The maximum atomic E-state index is 11.0. The van der Waals surface area contributed by atoms with Gasteiger partial charge in [-0.3, -0.25) is 4.55 Å². The molecule has 0 aliphatic heterocycles. The normalized spacial score (nSPS) is 11.1. The molecule has 15 heavy (non-hydrogen) atoms. The third-order valence-electron chi connectivity index (χ3n) is 1.48. The number of rotatable bonds is 2. The van der Waals surface area contributed by atoms with Gasteiger partial charge in [-0.1, -0.05) is 11.6 Å². The molecule has 1 aromatic rings. The van der Waals surface area contributed by atoms with Crippen molar-refractivity contribution < 1.29 is 13.0 Å². The fourth-order valence-corrected chi connectivity index (χ4v) is 1.97. The fraction of sp³-hybridized carbons (Fsp3) is 0. The number of benzene rings is 1. The van der Waals surface area contributed by atoms with Crippen LogP contribution in [0.1, 0.15) is 0 Å². The average molecular weight is 267 g/mol. The molecule has 8 heteroatoms. The first-order chi connectivity index (χ1) is 6.80. The Morgan fingerprint density at radius 1 is 1.53 bits per heavy atom. The molecule has 82 valence electrons. The Bertz CT molecular complexity index is 501. The van der Waals surface area contributed by atoms with E-state index in [-0.39, 0.29) is 20.7 Å². The number of halogens is 1. The van der Waals surface area contributed by atoms with Crippen LogP contribution in [-0.4, -0.2) is 18.1 Å². The van der Waals surface area contributed by atoms with Crippen molar-refractivity contribution in [3.63, 3.8) is 0 Å². The highest BCUT2D eigenvalue weighted by Gasteiger charge is 2.16. The highest BCUT2D eigenvalue weighted by Crippen LogP contribution is 2.24. The van der Waals surface area contributed by atoms with E-state index < -0.39 is 10.1 Å². The number of nitrogens with two attached hydrogens (primary N) is 1. The minimum Gasteiger partial charge on any atom is -0.376 e. The minimum absolute atomic E-state index is 0.0781. The summed E-state index contributed by atoms with van der Waals surface area (Å²) in [6.07, 6.45) is 0. The topological polar surface area (TPSA) is 92.4 Å². The van der Waals surface area contributed by atoms with Crippen LogP contribution in [0.4, 0.5) is 5.69 Å². The first-order valence-electron chi connectivity index (χ1n) is 3.64. The molecule has 0 saturated carbocycles. The molecule has 4 N–H and O–H groups in total. The van der Waals surface area contributed by atoms with Gasteiger partial charge < -0.3 is 11.1 Å². The van der Waals surface area contributed by atoms with E-state index in [2.05, 4.69) is 17.5 Å². The molecular weight excluding hydrogens is 260 g/mol. The van der Waals surface area contributed by atoms with E-state index in [9.17, 15) is 8.42 Å². The summed E-state index contributed by atoms with van der Waals surface area (Å²) in [5, 5.41) is 2.49. The lowest BCUT2D eigenvalue weighted by Gasteiger charge is -2.08. The van der Waals surface area contributed by atoms with E-state index in [0.29, 0.717) is 0 Å². The van der Waals surface area contributed by atoms with E-state index in [4.69, 9.17) is 21.9 Å². The van der Waals surface area contributed by atoms with Gasteiger partial charge in [0, 0.05) is 5.02 Å². The fourth-order valence-electron chi connectivity index (χ4n) is 0.946. The van der Waals surface area contributed by atoms with E-state index >= 15 is 0 Å². The van der Waals surface area contributed by atoms with Gasteiger partial charge in [-0.05, 0) is 30.4 Å². The van der Waals surface area contributed by atoms with Crippen molar-refractivity contribution in [1.29, 1.82) is 0 Å². The quantitative estimate of drug-likeness (QED) is 0.551. The Labute approximate surface area is 97.0 Å². The Morgan fingerprint density at radius 2 is 2.13 bits per heavy atom. The van der Waals surface area contributed by atoms with Crippen LogP contribution < -0.4 is 11.1 Å². The summed E-state index contributed by atoms with van der Waals surface area (Å²) in [5.41, 5.74) is 5.26. The van der Waals surface area contributed by atoms with Crippen LogP contribution in [0.2, 0.25) is 5.02 Å². The van der Waals surface area contributed by atoms with Gasteiger partial charge in [0.25, 0.3) is 10.1 Å². The lowest BCUT2D eigenvalue weighted by atomic mass is 10.3. The van der Waals surface area contributed by atoms with Crippen molar-refractivity contribution in [3.05, 3.63) is 23.2 Å². The molecule has 0 aliphatic carbocycles. The molecule has 1 rings (SSSR count). The second-order valence-corrected chi connectivity index (χ2v) is 4.87. The lowest BCUT2D eigenvalue weighted by molar-refractivity contribution is 0.483. The summed E-state index contributed by atoms with van der Waals surface area (Å²) < 4.78 is 30.8. The van der Waals surface area contributed by atoms with Crippen LogP contribution in [0.5, 0.6) is 0 Å². The number of hydrogen-bond donors (Lipinski definition) is 3. The molecule has 0 fully saturated rings. The maximum absolute atomic E-state index is 11.0. The molecule has 0 spiro atoms.